The van der Waals surface area contributed by atoms with Crippen LogP contribution in [0.2, 0.25) is 0 Å². The van der Waals surface area contributed by atoms with Crippen LogP contribution in [0.5, 0.6) is 5.88 Å². The van der Waals surface area contributed by atoms with Gasteiger partial charge in [0, 0.05) is 12.6 Å². The number of carbonyl (C=O) groups excluding carboxylic acids is 1. The van der Waals surface area contributed by atoms with E-state index in [1.807, 2.05) is 0 Å². The lowest BCUT2D eigenvalue weighted by molar-refractivity contribution is -0.123. The zero-order valence-electron chi connectivity index (χ0n) is 10.7. The normalized spacial score (nSPS) is 17.8. The third-order valence-corrected chi connectivity index (χ3v) is 3.20. The molecule has 8 heteroatoms. The molecule has 2 atom stereocenters. The molecule has 106 valence electrons. The van der Waals surface area contributed by atoms with Gasteiger partial charge in [-0.2, -0.15) is 4.37 Å². The fourth-order valence-corrected chi connectivity index (χ4v) is 1.78. The van der Waals surface area contributed by atoms with Gasteiger partial charge in [0.05, 0.1) is 17.8 Å². The van der Waals surface area contributed by atoms with Crippen LogP contribution < -0.4 is 15.4 Å². The Morgan fingerprint density at radius 1 is 1.68 bits per heavy atom. The first-order valence-electron chi connectivity index (χ1n) is 6.27. The SMILES string of the molecule is CC(NCC(O)COc1cnsn1)C(=O)NC1CC1. The summed E-state index contributed by atoms with van der Waals surface area (Å²) in [4.78, 5) is 11.6. The summed E-state index contributed by atoms with van der Waals surface area (Å²) in [5.74, 6) is 0.378. The molecule has 1 aliphatic carbocycles. The molecule has 0 saturated heterocycles. The van der Waals surface area contributed by atoms with E-state index in [4.69, 9.17) is 4.74 Å². The van der Waals surface area contributed by atoms with Crippen LogP contribution in [0, 0.1) is 0 Å². The molecular weight excluding hydrogens is 268 g/mol. The number of ether oxygens (including phenoxy) is 1. The van der Waals surface area contributed by atoms with Crippen molar-refractivity contribution in [1.29, 1.82) is 0 Å². The Kier molecular flexibility index (Phi) is 5.06. The number of hydrogen-bond acceptors (Lipinski definition) is 7. The molecule has 1 fully saturated rings. The lowest BCUT2D eigenvalue weighted by Gasteiger charge is -2.16. The summed E-state index contributed by atoms with van der Waals surface area (Å²) in [6.07, 6.45) is 2.93. The highest BCUT2D eigenvalue weighted by Crippen LogP contribution is 2.18. The number of aliphatic hydroxyl groups excluding tert-OH is 1. The van der Waals surface area contributed by atoms with Gasteiger partial charge in [-0.15, -0.1) is 4.37 Å². The van der Waals surface area contributed by atoms with Gasteiger partial charge >= 0.3 is 0 Å². The molecule has 1 saturated carbocycles. The first kappa shape index (κ1) is 14.2. The highest BCUT2D eigenvalue weighted by Gasteiger charge is 2.25. The minimum atomic E-state index is -0.696. The van der Waals surface area contributed by atoms with E-state index in [2.05, 4.69) is 19.4 Å². The van der Waals surface area contributed by atoms with E-state index in [1.165, 1.54) is 6.20 Å². The van der Waals surface area contributed by atoms with Gasteiger partial charge in [0.25, 0.3) is 0 Å². The Hall–Kier alpha value is -1.25. The fraction of sp³-hybridized carbons (Fsp3) is 0.727. The summed E-state index contributed by atoms with van der Waals surface area (Å²) in [6.45, 7) is 2.18. The standard InChI is InChI=1S/C11H18N4O3S/c1-7(11(17)14-8-2-3-8)12-4-9(16)6-18-10-5-13-19-15-10/h5,7-9,12,16H,2-4,6H2,1H3,(H,14,17). The minimum Gasteiger partial charge on any atom is -0.473 e. The van der Waals surface area contributed by atoms with Crippen molar-refractivity contribution in [2.75, 3.05) is 13.2 Å². The first-order chi connectivity index (χ1) is 9.15. The summed E-state index contributed by atoms with van der Waals surface area (Å²) < 4.78 is 12.9. The zero-order chi connectivity index (χ0) is 13.7. The van der Waals surface area contributed by atoms with Crippen LogP contribution >= 0.6 is 11.7 Å². The third-order valence-electron chi connectivity index (χ3n) is 2.74. The van der Waals surface area contributed by atoms with Gasteiger partial charge in [-0.1, -0.05) is 0 Å². The van der Waals surface area contributed by atoms with Crippen molar-refractivity contribution in [3.8, 4) is 5.88 Å². The molecular formula is C11H18N4O3S. The summed E-state index contributed by atoms with van der Waals surface area (Å²) >= 11 is 1.05. The van der Waals surface area contributed by atoms with Gasteiger partial charge < -0.3 is 20.5 Å². The second kappa shape index (κ2) is 6.78. The molecule has 1 amide bonds. The molecule has 1 heterocycles. The average molecular weight is 286 g/mol. The number of amides is 1. The van der Waals surface area contributed by atoms with Crippen molar-refractivity contribution in [2.45, 2.75) is 38.0 Å². The maximum absolute atomic E-state index is 11.6. The first-order valence-corrected chi connectivity index (χ1v) is 7.00. The predicted octanol–water partition coefficient (Wildman–Crippen LogP) is -0.466. The summed E-state index contributed by atoms with van der Waals surface area (Å²) in [7, 11) is 0. The van der Waals surface area contributed by atoms with Crippen molar-refractivity contribution in [3.05, 3.63) is 6.20 Å². The second-order valence-electron chi connectivity index (χ2n) is 4.62. The maximum atomic E-state index is 11.6. The van der Waals surface area contributed by atoms with Crippen LogP contribution in [-0.4, -0.2) is 51.1 Å². The van der Waals surface area contributed by atoms with Crippen LogP contribution in [0.1, 0.15) is 19.8 Å². The van der Waals surface area contributed by atoms with E-state index in [9.17, 15) is 9.90 Å². The second-order valence-corrected chi connectivity index (χ2v) is 5.18. The van der Waals surface area contributed by atoms with Crippen LogP contribution in [0.3, 0.4) is 0 Å². The molecule has 2 unspecified atom stereocenters. The number of rotatable bonds is 8. The summed E-state index contributed by atoms with van der Waals surface area (Å²) in [6, 6.07) is 0.0263. The van der Waals surface area contributed by atoms with E-state index < -0.39 is 6.10 Å². The molecule has 1 aliphatic rings. The van der Waals surface area contributed by atoms with Crippen molar-refractivity contribution in [1.82, 2.24) is 19.4 Å². The Labute approximate surface area is 115 Å². The van der Waals surface area contributed by atoms with Gasteiger partial charge in [-0.25, -0.2) is 0 Å². The molecule has 1 aromatic heterocycles. The number of carbonyl (C=O) groups is 1. The Balaban J connectivity index is 1.59. The van der Waals surface area contributed by atoms with E-state index in [1.54, 1.807) is 6.92 Å². The minimum absolute atomic E-state index is 0.0284. The number of aromatic nitrogens is 2. The largest absolute Gasteiger partial charge is 0.473 e. The van der Waals surface area contributed by atoms with E-state index in [-0.39, 0.29) is 25.1 Å². The Morgan fingerprint density at radius 2 is 2.47 bits per heavy atom. The lowest BCUT2D eigenvalue weighted by Crippen LogP contribution is -2.46. The summed E-state index contributed by atoms with van der Waals surface area (Å²) in [5.41, 5.74) is 0. The Morgan fingerprint density at radius 3 is 3.11 bits per heavy atom. The molecule has 0 spiro atoms. The molecule has 0 aliphatic heterocycles. The van der Waals surface area contributed by atoms with Crippen LogP contribution in [0.4, 0.5) is 0 Å². The Bertz CT molecular complexity index is 397. The molecule has 0 aromatic carbocycles. The molecule has 19 heavy (non-hydrogen) atoms. The van der Waals surface area contributed by atoms with Crippen molar-refractivity contribution in [2.24, 2.45) is 0 Å². The molecule has 2 rings (SSSR count). The van der Waals surface area contributed by atoms with E-state index >= 15 is 0 Å². The number of nitrogens with zero attached hydrogens (tertiary/aromatic N) is 2. The number of nitrogens with one attached hydrogen (secondary N) is 2. The lowest BCUT2D eigenvalue weighted by atomic mass is 10.3. The average Bonchev–Trinajstić information content (AvgIpc) is 3.06. The van der Waals surface area contributed by atoms with Gasteiger partial charge in [0.2, 0.25) is 11.8 Å². The van der Waals surface area contributed by atoms with Gasteiger partial charge in [0.1, 0.15) is 18.9 Å². The number of aliphatic hydroxyl groups is 1. The fourth-order valence-electron chi connectivity index (χ4n) is 1.42. The third kappa shape index (κ3) is 5.09. The zero-order valence-corrected chi connectivity index (χ0v) is 11.5. The molecule has 3 N–H and O–H groups in total. The highest BCUT2D eigenvalue weighted by atomic mass is 32.1. The van der Waals surface area contributed by atoms with Crippen molar-refractivity contribution in [3.63, 3.8) is 0 Å². The van der Waals surface area contributed by atoms with Crippen molar-refractivity contribution < 1.29 is 14.6 Å². The monoisotopic (exact) mass is 286 g/mol. The molecule has 0 radical (unpaired) electrons. The molecule has 7 nitrogen and oxygen atoms in total. The van der Waals surface area contributed by atoms with Gasteiger partial charge in [0.15, 0.2) is 0 Å². The topological polar surface area (TPSA) is 96.4 Å². The molecule has 0 bridgehead atoms. The van der Waals surface area contributed by atoms with Gasteiger partial charge in [-0.05, 0) is 19.8 Å². The van der Waals surface area contributed by atoms with Crippen LogP contribution in [0.15, 0.2) is 6.20 Å². The van der Waals surface area contributed by atoms with E-state index in [0.717, 1.165) is 24.6 Å². The summed E-state index contributed by atoms with van der Waals surface area (Å²) in [5, 5.41) is 15.6. The van der Waals surface area contributed by atoms with Gasteiger partial charge in [-0.3, -0.25) is 4.79 Å². The molecule has 1 aromatic rings. The van der Waals surface area contributed by atoms with Crippen LogP contribution in [0.25, 0.3) is 0 Å². The van der Waals surface area contributed by atoms with Crippen molar-refractivity contribution >= 4 is 17.6 Å². The van der Waals surface area contributed by atoms with E-state index in [0.29, 0.717) is 11.9 Å². The maximum Gasteiger partial charge on any atom is 0.245 e. The smallest absolute Gasteiger partial charge is 0.245 e. The quantitative estimate of drug-likeness (QED) is 0.598. The van der Waals surface area contributed by atoms with Crippen LogP contribution in [-0.2, 0) is 4.79 Å². The highest BCUT2D eigenvalue weighted by molar-refractivity contribution is 6.99. The predicted molar refractivity (Wildman–Crippen MR) is 70.0 cm³/mol. The number of hydrogen-bond donors (Lipinski definition) is 3.